The van der Waals surface area contributed by atoms with Gasteiger partial charge in [0.25, 0.3) is 0 Å². The predicted octanol–water partition coefficient (Wildman–Crippen LogP) is 2.90. The number of pyridine rings is 1. The molecule has 0 aliphatic heterocycles. The maximum absolute atomic E-state index is 4.61. The van der Waals surface area contributed by atoms with Crippen LogP contribution in [0.25, 0.3) is 0 Å². The highest BCUT2D eigenvalue weighted by Gasteiger charge is 2.02. The summed E-state index contributed by atoms with van der Waals surface area (Å²) in [4.78, 5) is 8.72. The number of halogens is 1. The van der Waals surface area contributed by atoms with E-state index in [0.29, 0.717) is 6.04 Å². The van der Waals surface area contributed by atoms with Crippen molar-refractivity contribution in [3.05, 3.63) is 29.6 Å². The van der Waals surface area contributed by atoms with E-state index in [1.165, 1.54) is 11.1 Å². The molecule has 1 aromatic rings. The SMILES string of the molecule is CCNC(=NCCc1ccncc1C)NC(C)CC.I. The molecular formula is C15H27IN4. The molecule has 5 heteroatoms. The van der Waals surface area contributed by atoms with Gasteiger partial charge in [-0.2, -0.15) is 0 Å². The molecule has 0 aromatic carbocycles. The number of hydrogen-bond acceptors (Lipinski definition) is 2. The lowest BCUT2D eigenvalue weighted by Gasteiger charge is -2.16. The fraction of sp³-hybridized carbons (Fsp3) is 0.600. The molecule has 0 bridgehead atoms. The lowest BCUT2D eigenvalue weighted by atomic mass is 10.1. The molecule has 2 N–H and O–H groups in total. The van der Waals surface area contributed by atoms with Gasteiger partial charge in [0, 0.05) is 31.5 Å². The molecule has 4 nitrogen and oxygen atoms in total. The van der Waals surface area contributed by atoms with Crippen molar-refractivity contribution < 1.29 is 0 Å². The summed E-state index contributed by atoms with van der Waals surface area (Å²) in [7, 11) is 0. The Morgan fingerprint density at radius 1 is 1.40 bits per heavy atom. The van der Waals surface area contributed by atoms with Gasteiger partial charge in [0.05, 0.1) is 0 Å². The molecule has 0 radical (unpaired) electrons. The molecule has 1 unspecified atom stereocenters. The van der Waals surface area contributed by atoms with E-state index in [1.54, 1.807) is 0 Å². The fourth-order valence-corrected chi connectivity index (χ4v) is 1.73. The van der Waals surface area contributed by atoms with Gasteiger partial charge in [0.1, 0.15) is 0 Å². The van der Waals surface area contributed by atoms with E-state index >= 15 is 0 Å². The third kappa shape index (κ3) is 7.07. The summed E-state index contributed by atoms with van der Waals surface area (Å²) in [5.41, 5.74) is 2.55. The van der Waals surface area contributed by atoms with Crippen LogP contribution in [0.5, 0.6) is 0 Å². The van der Waals surface area contributed by atoms with Crippen molar-refractivity contribution in [3.63, 3.8) is 0 Å². The van der Waals surface area contributed by atoms with Gasteiger partial charge in [0.15, 0.2) is 5.96 Å². The third-order valence-corrected chi connectivity index (χ3v) is 3.13. The average molecular weight is 390 g/mol. The van der Waals surface area contributed by atoms with Crippen LogP contribution in [-0.2, 0) is 6.42 Å². The average Bonchev–Trinajstić information content (AvgIpc) is 2.41. The predicted molar refractivity (Wildman–Crippen MR) is 97.0 cm³/mol. The first-order valence-electron chi connectivity index (χ1n) is 7.11. The lowest BCUT2D eigenvalue weighted by molar-refractivity contribution is 0.624. The molecule has 0 saturated heterocycles. The Morgan fingerprint density at radius 2 is 2.15 bits per heavy atom. The van der Waals surface area contributed by atoms with Crippen LogP contribution in [0.3, 0.4) is 0 Å². The molecule has 0 aliphatic carbocycles. The van der Waals surface area contributed by atoms with Gasteiger partial charge < -0.3 is 10.6 Å². The Morgan fingerprint density at radius 3 is 2.75 bits per heavy atom. The van der Waals surface area contributed by atoms with Crippen molar-refractivity contribution in [2.24, 2.45) is 4.99 Å². The minimum atomic E-state index is 0. The van der Waals surface area contributed by atoms with Crippen LogP contribution in [0.1, 0.15) is 38.3 Å². The molecular weight excluding hydrogens is 363 g/mol. The molecule has 20 heavy (non-hydrogen) atoms. The van der Waals surface area contributed by atoms with Crippen molar-refractivity contribution in [3.8, 4) is 0 Å². The second-order valence-electron chi connectivity index (χ2n) is 4.77. The van der Waals surface area contributed by atoms with E-state index in [1.807, 2.05) is 12.4 Å². The minimum Gasteiger partial charge on any atom is -0.357 e. The Hall–Kier alpha value is -0.850. The van der Waals surface area contributed by atoms with E-state index in [2.05, 4.69) is 54.4 Å². The zero-order chi connectivity index (χ0) is 14.1. The number of aryl methyl sites for hydroxylation is 1. The van der Waals surface area contributed by atoms with Crippen LogP contribution in [0.15, 0.2) is 23.5 Å². The summed E-state index contributed by atoms with van der Waals surface area (Å²) in [5.74, 6) is 0.906. The Kier molecular flexibility index (Phi) is 10.4. The number of nitrogens with one attached hydrogen (secondary N) is 2. The molecule has 0 saturated carbocycles. The first-order chi connectivity index (χ1) is 9.17. The maximum atomic E-state index is 4.61. The quantitative estimate of drug-likeness (QED) is 0.446. The monoisotopic (exact) mass is 390 g/mol. The highest BCUT2D eigenvalue weighted by Crippen LogP contribution is 2.05. The van der Waals surface area contributed by atoms with E-state index in [-0.39, 0.29) is 24.0 Å². The molecule has 0 aliphatic rings. The summed E-state index contributed by atoms with van der Waals surface area (Å²) < 4.78 is 0. The zero-order valence-corrected chi connectivity index (χ0v) is 15.3. The van der Waals surface area contributed by atoms with Crippen LogP contribution < -0.4 is 10.6 Å². The second-order valence-corrected chi connectivity index (χ2v) is 4.77. The topological polar surface area (TPSA) is 49.3 Å². The standard InChI is InChI=1S/C15H26N4.HI/c1-5-13(4)19-15(17-6-2)18-10-8-14-7-9-16-11-12(14)3;/h7,9,11,13H,5-6,8,10H2,1-4H3,(H2,17,18,19);1H. The first-order valence-corrected chi connectivity index (χ1v) is 7.11. The van der Waals surface area contributed by atoms with Gasteiger partial charge >= 0.3 is 0 Å². The molecule has 1 heterocycles. The summed E-state index contributed by atoms with van der Waals surface area (Å²) >= 11 is 0. The molecule has 0 fully saturated rings. The number of hydrogen-bond donors (Lipinski definition) is 2. The molecule has 0 spiro atoms. The smallest absolute Gasteiger partial charge is 0.191 e. The minimum absolute atomic E-state index is 0. The highest BCUT2D eigenvalue weighted by atomic mass is 127. The third-order valence-electron chi connectivity index (χ3n) is 3.13. The highest BCUT2D eigenvalue weighted by molar-refractivity contribution is 14.0. The van der Waals surface area contributed by atoms with Crippen molar-refractivity contribution in [1.29, 1.82) is 0 Å². The first kappa shape index (κ1) is 19.1. The van der Waals surface area contributed by atoms with Crippen LogP contribution >= 0.6 is 24.0 Å². The van der Waals surface area contributed by atoms with Crippen molar-refractivity contribution in [2.45, 2.75) is 46.6 Å². The molecule has 114 valence electrons. The number of aliphatic imine (C=N–C) groups is 1. The van der Waals surface area contributed by atoms with Crippen LogP contribution in [0, 0.1) is 6.92 Å². The summed E-state index contributed by atoms with van der Waals surface area (Å²) in [6.45, 7) is 10.2. The summed E-state index contributed by atoms with van der Waals surface area (Å²) in [6.07, 6.45) is 5.79. The van der Waals surface area contributed by atoms with Crippen molar-refractivity contribution >= 4 is 29.9 Å². The fourth-order valence-electron chi connectivity index (χ4n) is 1.73. The van der Waals surface area contributed by atoms with E-state index in [4.69, 9.17) is 0 Å². The Bertz CT molecular complexity index is 407. The zero-order valence-electron chi connectivity index (χ0n) is 12.9. The largest absolute Gasteiger partial charge is 0.357 e. The Balaban J connectivity index is 0.00000361. The van der Waals surface area contributed by atoms with Gasteiger partial charge in [-0.3, -0.25) is 9.98 Å². The van der Waals surface area contributed by atoms with Crippen LogP contribution in [0.2, 0.25) is 0 Å². The summed E-state index contributed by atoms with van der Waals surface area (Å²) in [6, 6.07) is 2.51. The maximum Gasteiger partial charge on any atom is 0.191 e. The number of rotatable bonds is 6. The summed E-state index contributed by atoms with van der Waals surface area (Å²) in [5, 5.41) is 6.67. The molecule has 1 atom stereocenters. The number of aromatic nitrogens is 1. The van der Waals surface area contributed by atoms with Gasteiger partial charge in [-0.25, -0.2) is 0 Å². The molecule has 1 rings (SSSR count). The van der Waals surface area contributed by atoms with Crippen LogP contribution in [-0.4, -0.2) is 30.1 Å². The van der Waals surface area contributed by atoms with E-state index < -0.39 is 0 Å². The Labute approximate surface area is 139 Å². The van der Waals surface area contributed by atoms with Gasteiger partial charge in [-0.1, -0.05) is 6.92 Å². The number of nitrogens with zero attached hydrogens (tertiary/aromatic N) is 2. The van der Waals surface area contributed by atoms with Gasteiger partial charge in [-0.15, -0.1) is 24.0 Å². The van der Waals surface area contributed by atoms with Gasteiger partial charge in [0.2, 0.25) is 0 Å². The van der Waals surface area contributed by atoms with Crippen molar-refractivity contribution in [2.75, 3.05) is 13.1 Å². The van der Waals surface area contributed by atoms with E-state index in [0.717, 1.165) is 31.9 Å². The number of guanidine groups is 1. The van der Waals surface area contributed by atoms with E-state index in [9.17, 15) is 0 Å². The second kappa shape index (κ2) is 10.9. The van der Waals surface area contributed by atoms with Crippen LogP contribution in [0.4, 0.5) is 0 Å². The van der Waals surface area contributed by atoms with Gasteiger partial charge in [-0.05, 0) is 50.8 Å². The van der Waals surface area contributed by atoms with Crippen molar-refractivity contribution in [1.82, 2.24) is 15.6 Å². The molecule has 1 aromatic heterocycles. The molecule has 0 amide bonds. The lowest BCUT2D eigenvalue weighted by Crippen LogP contribution is -2.42. The normalized spacial score (nSPS) is 12.5.